The molecule has 1 amide bonds. The minimum Gasteiger partial charge on any atom is -0.494 e. The Bertz CT molecular complexity index is 1330. The first-order valence-electron chi connectivity index (χ1n) is 10.5. The van der Waals surface area contributed by atoms with Gasteiger partial charge in [0.25, 0.3) is 15.9 Å². The van der Waals surface area contributed by atoms with Gasteiger partial charge in [-0.2, -0.15) is 9.30 Å². The van der Waals surface area contributed by atoms with E-state index >= 15 is 0 Å². The largest absolute Gasteiger partial charge is 0.494 e. The highest BCUT2D eigenvalue weighted by Crippen LogP contribution is 2.32. The van der Waals surface area contributed by atoms with E-state index in [1.165, 1.54) is 21.7 Å². The number of carbonyl (C=O) groups excluding carboxylic acids is 1. The molecule has 1 aromatic carbocycles. The zero-order chi connectivity index (χ0) is 23.6. The summed E-state index contributed by atoms with van der Waals surface area (Å²) in [5, 5.41) is 0. The summed E-state index contributed by atoms with van der Waals surface area (Å²) >= 11 is 8.29. The summed E-state index contributed by atoms with van der Waals surface area (Å²) in [5.74, 6) is 0.271. The third kappa shape index (κ3) is 5.03. The second kappa shape index (κ2) is 10.2. The number of rotatable bonds is 8. The van der Waals surface area contributed by atoms with Gasteiger partial charge in [-0.3, -0.25) is 4.79 Å². The van der Waals surface area contributed by atoms with Crippen molar-refractivity contribution in [2.75, 3.05) is 26.9 Å². The Morgan fingerprint density at radius 3 is 2.79 bits per heavy atom. The van der Waals surface area contributed by atoms with Gasteiger partial charge < -0.3 is 14.0 Å². The summed E-state index contributed by atoms with van der Waals surface area (Å²) in [6, 6.07) is 7.91. The average Bonchev–Trinajstić information content (AvgIpc) is 3.51. The molecule has 3 heterocycles. The van der Waals surface area contributed by atoms with Crippen LogP contribution < -0.4 is 9.54 Å². The molecule has 178 valence electrons. The Morgan fingerprint density at radius 2 is 2.09 bits per heavy atom. The molecule has 1 saturated heterocycles. The van der Waals surface area contributed by atoms with Crippen LogP contribution in [0, 0.1) is 0 Å². The lowest BCUT2D eigenvalue weighted by Crippen LogP contribution is -2.40. The number of carbonyl (C=O) groups is 1. The molecule has 1 aliphatic rings. The number of nitrogens with zero attached hydrogens (tertiary/aromatic N) is 3. The van der Waals surface area contributed by atoms with Gasteiger partial charge in [-0.15, -0.1) is 11.3 Å². The summed E-state index contributed by atoms with van der Waals surface area (Å²) in [4.78, 5) is 18.1. The molecule has 8 nitrogen and oxygen atoms in total. The van der Waals surface area contributed by atoms with Gasteiger partial charge in [0.15, 0.2) is 4.80 Å². The monoisotopic (exact) mass is 529 g/mol. The quantitative estimate of drug-likeness (QED) is 0.443. The zero-order valence-corrected chi connectivity index (χ0v) is 21.4. The van der Waals surface area contributed by atoms with E-state index in [9.17, 15) is 13.2 Å². The highest BCUT2D eigenvalue weighted by molar-refractivity contribution is 7.91. The lowest BCUT2D eigenvalue weighted by molar-refractivity contribution is -0.121. The van der Waals surface area contributed by atoms with Crippen molar-refractivity contribution < 1.29 is 22.7 Å². The summed E-state index contributed by atoms with van der Waals surface area (Å²) in [6.07, 6.45) is 1.02. The van der Waals surface area contributed by atoms with Gasteiger partial charge in [0, 0.05) is 20.2 Å². The maximum Gasteiger partial charge on any atom is 0.266 e. The Kier molecular flexibility index (Phi) is 7.56. The fraction of sp³-hybridized carbons (Fsp3) is 0.429. The predicted molar refractivity (Wildman–Crippen MR) is 130 cm³/mol. The molecule has 0 aliphatic carbocycles. The summed E-state index contributed by atoms with van der Waals surface area (Å²) < 4.78 is 41.7. The number of aromatic nitrogens is 1. The number of fused-ring (bicyclic) bond motifs is 1. The Morgan fingerprint density at radius 1 is 1.27 bits per heavy atom. The summed E-state index contributed by atoms with van der Waals surface area (Å²) in [5.41, 5.74) is 0.913. The average molecular weight is 530 g/mol. The van der Waals surface area contributed by atoms with Gasteiger partial charge in [0.2, 0.25) is 0 Å². The number of thiophene rings is 1. The number of hydrogen-bond acceptors (Lipinski definition) is 7. The number of hydrogen-bond donors (Lipinski definition) is 0. The van der Waals surface area contributed by atoms with E-state index in [2.05, 4.69) is 4.99 Å². The van der Waals surface area contributed by atoms with Crippen molar-refractivity contribution in [3.05, 3.63) is 39.5 Å². The van der Waals surface area contributed by atoms with Crippen LogP contribution in [0.15, 0.2) is 39.5 Å². The molecular formula is C21H24ClN3O5S3. The summed E-state index contributed by atoms with van der Waals surface area (Å²) in [7, 11) is -2.21. The lowest BCUT2D eigenvalue weighted by atomic mass is 10.2. The maximum atomic E-state index is 13.2. The van der Waals surface area contributed by atoms with Crippen LogP contribution in [-0.4, -0.2) is 56.1 Å². The van der Waals surface area contributed by atoms with E-state index in [1.807, 2.05) is 29.7 Å². The van der Waals surface area contributed by atoms with E-state index in [0.717, 1.165) is 27.3 Å². The predicted octanol–water partition coefficient (Wildman–Crippen LogP) is 3.74. The second-order valence-corrected chi connectivity index (χ2v) is 12.2. The van der Waals surface area contributed by atoms with Gasteiger partial charge >= 0.3 is 0 Å². The SMILES string of the molecule is CCOc1ccc2c(c1)sc(=NC(=O)C1CCCN1S(=O)(=O)c1ccc(Cl)s1)n2CCOC. The molecule has 0 radical (unpaired) electrons. The Labute approximate surface area is 205 Å². The number of thiazole rings is 1. The van der Waals surface area contributed by atoms with E-state index in [1.54, 1.807) is 13.2 Å². The van der Waals surface area contributed by atoms with Crippen LogP contribution in [0.2, 0.25) is 4.34 Å². The highest BCUT2D eigenvalue weighted by Gasteiger charge is 2.40. The van der Waals surface area contributed by atoms with Crippen LogP contribution in [0.1, 0.15) is 19.8 Å². The molecule has 4 rings (SSSR count). The van der Waals surface area contributed by atoms with Crippen molar-refractivity contribution in [3.63, 3.8) is 0 Å². The fourth-order valence-corrected chi connectivity index (χ4v) is 8.14. The van der Waals surface area contributed by atoms with Gasteiger partial charge in [0.05, 0.1) is 27.8 Å². The number of benzene rings is 1. The first kappa shape index (κ1) is 24.4. The third-order valence-electron chi connectivity index (χ3n) is 5.29. The van der Waals surface area contributed by atoms with E-state index < -0.39 is 22.0 Å². The third-order valence-corrected chi connectivity index (χ3v) is 9.94. The maximum absolute atomic E-state index is 13.2. The number of halogens is 1. The molecule has 0 spiro atoms. The van der Waals surface area contributed by atoms with Crippen molar-refractivity contribution in [1.82, 2.24) is 8.87 Å². The zero-order valence-electron chi connectivity index (χ0n) is 18.2. The topological polar surface area (TPSA) is 90.2 Å². The molecule has 0 bridgehead atoms. The van der Waals surface area contributed by atoms with Crippen LogP contribution in [0.5, 0.6) is 5.75 Å². The van der Waals surface area contributed by atoms with E-state index in [-0.39, 0.29) is 10.8 Å². The van der Waals surface area contributed by atoms with Crippen LogP contribution in [0.4, 0.5) is 0 Å². The minimum absolute atomic E-state index is 0.132. The highest BCUT2D eigenvalue weighted by atomic mass is 35.5. The lowest BCUT2D eigenvalue weighted by Gasteiger charge is -2.20. The van der Waals surface area contributed by atoms with Crippen LogP contribution in [-0.2, 0) is 26.1 Å². The number of amides is 1. The molecule has 1 aliphatic heterocycles. The van der Waals surface area contributed by atoms with Crippen molar-refractivity contribution in [2.24, 2.45) is 4.99 Å². The van der Waals surface area contributed by atoms with Crippen molar-refractivity contribution in [2.45, 2.75) is 36.6 Å². The van der Waals surface area contributed by atoms with Gasteiger partial charge in [0.1, 0.15) is 16.0 Å². The molecule has 1 fully saturated rings. The fourth-order valence-electron chi connectivity index (χ4n) is 3.79. The Balaban J connectivity index is 1.71. The molecule has 12 heteroatoms. The smallest absolute Gasteiger partial charge is 0.266 e. The molecule has 1 unspecified atom stereocenters. The van der Waals surface area contributed by atoms with Crippen LogP contribution >= 0.6 is 34.3 Å². The van der Waals surface area contributed by atoms with E-state index in [0.29, 0.717) is 41.7 Å². The van der Waals surface area contributed by atoms with Crippen molar-refractivity contribution >= 4 is 60.4 Å². The molecule has 1 atom stereocenters. The van der Waals surface area contributed by atoms with Gasteiger partial charge in [-0.1, -0.05) is 22.9 Å². The molecule has 0 N–H and O–H groups in total. The standard InChI is InChI=1S/C21H24ClN3O5S3/c1-3-30-14-6-7-15-17(13-14)31-21(24(15)11-12-29-2)23-20(26)16-5-4-10-25(16)33(27,28)19-9-8-18(22)32-19/h6-9,13,16H,3-5,10-12H2,1-2H3. The molecule has 2 aromatic heterocycles. The van der Waals surface area contributed by atoms with Crippen LogP contribution in [0.25, 0.3) is 10.2 Å². The number of ether oxygens (including phenoxy) is 2. The van der Waals surface area contributed by atoms with Gasteiger partial charge in [-0.25, -0.2) is 8.42 Å². The molecule has 0 saturated carbocycles. The molecule has 3 aromatic rings. The second-order valence-electron chi connectivity index (χ2n) is 7.37. The number of sulfonamides is 1. The molecule has 33 heavy (non-hydrogen) atoms. The van der Waals surface area contributed by atoms with E-state index in [4.69, 9.17) is 21.1 Å². The van der Waals surface area contributed by atoms with Crippen molar-refractivity contribution in [3.8, 4) is 5.75 Å². The first-order chi connectivity index (χ1) is 15.8. The minimum atomic E-state index is -3.82. The van der Waals surface area contributed by atoms with Gasteiger partial charge in [-0.05, 0) is 50.1 Å². The molecular weight excluding hydrogens is 506 g/mol. The summed E-state index contributed by atoms with van der Waals surface area (Å²) in [6.45, 7) is 3.71. The first-order valence-corrected chi connectivity index (χ1v) is 13.9. The Hall–Kier alpha value is -1.76. The number of methoxy groups -OCH3 is 1. The normalized spacial score (nSPS) is 17.8. The van der Waals surface area contributed by atoms with Crippen LogP contribution in [0.3, 0.4) is 0 Å². The van der Waals surface area contributed by atoms with Crippen molar-refractivity contribution in [1.29, 1.82) is 0 Å².